The van der Waals surface area contributed by atoms with Crippen LogP contribution in [0.3, 0.4) is 0 Å². The molecule has 0 spiro atoms. The first-order valence-electron chi connectivity index (χ1n) is 3.88. The fourth-order valence-corrected chi connectivity index (χ4v) is 0.589. The van der Waals surface area contributed by atoms with E-state index in [2.05, 4.69) is 4.74 Å². The third-order valence-electron chi connectivity index (χ3n) is 1.05. The van der Waals surface area contributed by atoms with Gasteiger partial charge in [-0.3, -0.25) is 0 Å². The van der Waals surface area contributed by atoms with Crippen molar-refractivity contribution in [3.8, 4) is 5.75 Å². The van der Waals surface area contributed by atoms with E-state index in [0.717, 1.165) is 0 Å². The number of carbonyl (C=O) groups is 1. The standard InChI is InChI=1S/C7H6O3.C2H6O2/c8-7(9)10-6-4-2-1-3-5-6;3-1-2-4/h1-5H,(H,8,9);3-4H,1-2H2. The van der Waals surface area contributed by atoms with Gasteiger partial charge in [0.05, 0.1) is 13.2 Å². The molecule has 1 aromatic carbocycles. The Balaban J connectivity index is 0.000000364. The molecule has 0 heterocycles. The van der Waals surface area contributed by atoms with Crippen LogP contribution in [0.5, 0.6) is 5.75 Å². The summed E-state index contributed by atoms with van der Waals surface area (Å²) in [7, 11) is 0. The number of ether oxygens (including phenoxy) is 1. The van der Waals surface area contributed by atoms with Crippen LogP contribution in [0.2, 0.25) is 0 Å². The van der Waals surface area contributed by atoms with Crippen LogP contribution in [0.15, 0.2) is 30.3 Å². The SMILES string of the molecule is O=C(O)Oc1ccccc1.OCCO. The molecule has 0 radical (unpaired) electrons. The molecule has 0 fully saturated rings. The van der Waals surface area contributed by atoms with E-state index < -0.39 is 6.16 Å². The van der Waals surface area contributed by atoms with Crippen molar-refractivity contribution in [1.29, 1.82) is 0 Å². The summed E-state index contributed by atoms with van der Waals surface area (Å²) < 4.78 is 4.33. The second-order valence-electron chi connectivity index (χ2n) is 2.13. The molecule has 0 saturated carbocycles. The highest BCUT2D eigenvalue weighted by Gasteiger charge is 1.96. The van der Waals surface area contributed by atoms with Gasteiger partial charge in [0.1, 0.15) is 5.75 Å². The number of benzene rings is 1. The summed E-state index contributed by atoms with van der Waals surface area (Å²) in [6, 6.07) is 8.35. The number of aliphatic hydroxyl groups is 2. The molecule has 0 saturated heterocycles. The van der Waals surface area contributed by atoms with Crippen molar-refractivity contribution in [3.05, 3.63) is 30.3 Å². The van der Waals surface area contributed by atoms with Gasteiger partial charge in [-0.05, 0) is 12.1 Å². The van der Waals surface area contributed by atoms with E-state index in [-0.39, 0.29) is 13.2 Å². The number of para-hydroxylation sites is 1. The van der Waals surface area contributed by atoms with Gasteiger partial charge in [0.25, 0.3) is 0 Å². The Morgan fingerprint density at radius 3 is 2.00 bits per heavy atom. The summed E-state index contributed by atoms with van der Waals surface area (Å²) in [5.74, 6) is 0.343. The van der Waals surface area contributed by atoms with E-state index >= 15 is 0 Å². The summed E-state index contributed by atoms with van der Waals surface area (Å²) in [4.78, 5) is 9.95. The summed E-state index contributed by atoms with van der Waals surface area (Å²) in [6.07, 6.45) is -1.29. The van der Waals surface area contributed by atoms with Gasteiger partial charge in [0.2, 0.25) is 0 Å². The monoisotopic (exact) mass is 200 g/mol. The van der Waals surface area contributed by atoms with Gasteiger partial charge >= 0.3 is 6.16 Å². The summed E-state index contributed by atoms with van der Waals surface area (Å²) in [5, 5.41) is 23.4. The number of rotatable bonds is 2. The average molecular weight is 200 g/mol. The molecule has 0 bridgehead atoms. The molecular formula is C9H12O5. The maximum Gasteiger partial charge on any atom is 0.511 e. The van der Waals surface area contributed by atoms with Crippen LogP contribution >= 0.6 is 0 Å². The first-order valence-corrected chi connectivity index (χ1v) is 3.88. The van der Waals surface area contributed by atoms with Crippen molar-refractivity contribution in [3.63, 3.8) is 0 Å². The van der Waals surface area contributed by atoms with Gasteiger partial charge in [-0.2, -0.15) is 0 Å². The molecule has 0 aliphatic rings. The van der Waals surface area contributed by atoms with Crippen molar-refractivity contribution >= 4 is 6.16 Å². The Morgan fingerprint density at radius 2 is 1.64 bits per heavy atom. The molecule has 0 amide bonds. The predicted molar refractivity (Wildman–Crippen MR) is 49.3 cm³/mol. The lowest BCUT2D eigenvalue weighted by Crippen LogP contribution is -2.02. The lowest BCUT2D eigenvalue weighted by atomic mass is 10.3. The third-order valence-corrected chi connectivity index (χ3v) is 1.05. The Morgan fingerprint density at radius 1 is 1.14 bits per heavy atom. The molecule has 0 atom stereocenters. The molecule has 0 aromatic heterocycles. The number of aliphatic hydroxyl groups excluding tert-OH is 2. The van der Waals surface area contributed by atoms with Gasteiger partial charge < -0.3 is 20.1 Å². The minimum absolute atomic E-state index is 0.125. The van der Waals surface area contributed by atoms with Crippen molar-refractivity contribution < 1.29 is 24.9 Å². The molecular weight excluding hydrogens is 188 g/mol. The van der Waals surface area contributed by atoms with Crippen LogP contribution < -0.4 is 4.74 Å². The van der Waals surface area contributed by atoms with E-state index in [9.17, 15) is 4.79 Å². The van der Waals surface area contributed by atoms with Crippen LogP contribution in [-0.4, -0.2) is 34.7 Å². The summed E-state index contributed by atoms with van der Waals surface area (Å²) in [5.41, 5.74) is 0. The molecule has 5 heteroatoms. The van der Waals surface area contributed by atoms with Crippen molar-refractivity contribution in [2.75, 3.05) is 13.2 Å². The van der Waals surface area contributed by atoms with Crippen molar-refractivity contribution in [1.82, 2.24) is 0 Å². The average Bonchev–Trinajstić information content (AvgIpc) is 2.19. The van der Waals surface area contributed by atoms with Gasteiger partial charge in [0, 0.05) is 0 Å². The molecule has 5 nitrogen and oxygen atoms in total. The fraction of sp³-hybridized carbons (Fsp3) is 0.222. The lowest BCUT2D eigenvalue weighted by Gasteiger charge is -1.95. The zero-order chi connectivity index (χ0) is 10.8. The van der Waals surface area contributed by atoms with Crippen LogP contribution in [0.25, 0.3) is 0 Å². The Bertz CT molecular complexity index is 245. The number of hydrogen-bond donors (Lipinski definition) is 3. The smallest absolute Gasteiger partial charge is 0.449 e. The molecule has 0 unspecified atom stereocenters. The zero-order valence-corrected chi connectivity index (χ0v) is 7.46. The molecule has 78 valence electrons. The maximum absolute atomic E-state index is 9.95. The normalized spacial score (nSPS) is 8.43. The van der Waals surface area contributed by atoms with Crippen LogP contribution in [0.4, 0.5) is 4.79 Å². The van der Waals surface area contributed by atoms with E-state index in [1.165, 1.54) is 0 Å². The third kappa shape index (κ3) is 7.08. The second kappa shape index (κ2) is 8.03. The number of hydrogen-bond acceptors (Lipinski definition) is 4. The number of carboxylic acid groups (broad SMARTS) is 1. The predicted octanol–water partition coefficient (Wildman–Crippen LogP) is 0.714. The van der Waals surface area contributed by atoms with Gasteiger partial charge in [0.15, 0.2) is 0 Å². The highest BCUT2D eigenvalue weighted by molar-refractivity contribution is 5.60. The molecule has 14 heavy (non-hydrogen) atoms. The molecule has 0 aliphatic heterocycles. The summed E-state index contributed by atoms with van der Waals surface area (Å²) in [6.45, 7) is -0.250. The Kier molecular flexibility index (Phi) is 7.12. The molecule has 1 aromatic rings. The van der Waals surface area contributed by atoms with E-state index in [1.54, 1.807) is 30.3 Å². The fourth-order valence-electron chi connectivity index (χ4n) is 0.589. The largest absolute Gasteiger partial charge is 0.511 e. The Hall–Kier alpha value is -1.59. The van der Waals surface area contributed by atoms with Gasteiger partial charge in [-0.1, -0.05) is 18.2 Å². The molecule has 1 rings (SSSR count). The quantitative estimate of drug-likeness (QED) is 0.483. The van der Waals surface area contributed by atoms with E-state index in [4.69, 9.17) is 15.3 Å². The summed E-state index contributed by atoms with van der Waals surface area (Å²) >= 11 is 0. The van der Waals surface area contributed by atoms with E-state index in [0.29, 0.717) is 5.75 Å². The first-order chi connectivity index (χ1) is 6.70. The Labute approximate surface area is 81.2 Å². The molecule has 0 aliphatic carbocycles. The first kappa shape index (κ1) is 12.4. The van der Waals surface area contributed by atoms with Crippen LogP contribution in [0.1, 0.15) is 0 Å². The topological polar surface area (TPSA) is 87.0 Å². The van der Waals surface area contributed by atoms with Crippen molar-refractivity contribution in [2.24, 2.45) is 0 Å². The minimum Gasteiger partial charge on any atom is -0.449 e. The van der Waals surface area contributed by atoms with Crippen LogP contribution in [-0.2, 0) is 0 Å². The lowest BCUT2D eigenvalue weighted by molar-refractivity contribution is 0.144. The van der Waals surface area contributed by atoms with Gasteiger partial charge in [-0.15, -0.1) is 0 Å². The van der Waals surface area contributed by atoms with Crippen LogP contribution in [0, 0.1) is 0 Å². The van der Waals surface area contributed by atoms with Crippen molar-refractivity contribution in [2.45, 2.75) is 0 Å². The molecule has 3 N–H and O–H groups in total. The van der Waals surface area contributed by atoms with E-state index in [1.807, 2.05) is 0 Å². The van der Waals surface area contributed by atoms with Gasteiger partial charge in [-0.25, -0.2) is 4.79 Å². The highest BCUT2D eigenvalue weighted by Crippen LogP contribution is 2.07. The minimum atomic E-state index is -1.29. The highest BCUT2D eigenvalue weighted by atomic mass is 16.7. The zero-order valence-electron chi connectivity index (χ0n) is 7.46. The second-order valence-corrected chi connectivity index (χ2v) is 2.13. The maximum atomic E-state index is 9.95.